The van der Waals surface area contributed by atoms with Gasteiger partial charge < -0.3 is 4.90 Å². The highest BCUT2D eigenvalue weighted by molar-refractivity contribution is 6.13. The SMILES string of the molecule is Cc1cccc2c1N(C(=O)c1ccc(C(F)(F)F)cc1)CCC2=O. The van der Waals surface area contributed by atoms with E-state index in [1.54, 1.807) is 25.1 Å². The fraction of sp³-hybridized carbons (Fsp3) is 0.222. The molecule has 1 amide bonds. The first-order chi connectivity index (χ1) is 11.3. The molecule has 0 aliphatic carbocycles. The second kappa shape index (κ2) is 5.78. The molecule has 0 saturated heterocycles. The molecule has 1 heterocycles. The molecule has 1 aliphatic rings. The van der Waals surface area contributed by atoms with Gasteiger partial charge in [0, 0.05) is 24.1 Å². The molecule has 24 heavy (non-hydrogen) atoms. The summed E-state index contributed by atoms with van der Waals surface area (Å²) in [6.45, 7) is 2.01. The van der Waals surface area contributed by atoms with Gasteiger partial charge in [-0.1, -0.05) is 12.1 Å². The predicted molar refractivity (Wildman–Crippen MR) is 83.2 cm³/mol. The van der Waals surface area contributed by atoms with Crippen LogP contribution in [-0.4, -0.2) is 18.2 Å². The van der Waals surface area contributed by atoms with Gasteiger partial charge in [-0.05, 0) is 42.8 Å². The first-order valence-corrected chi connectivity index (χ1v) is 7.41. The fourth-order valence-electron chi connectivity index (χ4n) is 2.86. The standard InChI is InChI=1S/C18H14F3NO2/c1-11-3-2-4-14-15(23)9-10-22(16(11)14)17(24)12-5-7-13(8-6-12)18(19,20)21/h2-8H,9-10H2,1H3. The van der Waals surface area contributed by atoms with E-state index in [0.29, 0.717) is 11.3 Å². The molecule has 0 fully saturated rings. The van der Waals surface area contributed by atoms with Crippen molar-refractivity contribution in [2.45, 2.75) is 19.5 Å². The highest BCUT2D eigenvalue weighted by Gasteiger charge is 2.32. The summed E-state index contributed by atoms with van der Waals surface area (Å²) in [4.78, 5) is 26.2. The first-order valence-electron chi connectivity index (χ1n) is 7.41. The van der Waals surface area contributed by atoms with Crippen molar-refractivity contribution in [3.8, 4) is 0 Å². The molecule has 0 N–H and O–H groups in total. The molecule has 0 atom stereocenters. The number of hydrogen-bond donors (Lipinski definition) is 0. The van der Waals surface area contributed by atoms with Crippen molar-refractivity contribution in [2.75, 3.05) is 11.4 Å². The highest BCUT2D eigenvalue weighted by atomic mass is 19.4. The first kappa shape index (κ1) is 16.2. The summed E-state index contributed by atoms with van der Waals surface area (Å²) in [6, 6.07) is 9.32. The zero-order valence-corrected chi connectivity index (χ0v) is 12.9. The Labute approximate surface area is 136 Å². The van der Waals surface area contributed by atoms with E-state index in [0.717, 1.165) is 17.7 Å². The van der Waals surface area contributed by atoms with Gasteiger partial charge in [-0.3, -0.25) is 9.59 Å². The van der Waals surface area contributed by atoms with Gasteiger partial charge in [0.25, 0.3) is 5.91 Å². The third kappa shape index (κ3) is 2.79. The van der Waals surface area contributed by atoms with Crippen LogP contribution < -0.4 is 4.90 Å². The zero-order chi connectivity index (χ0) is 17.5. The number of aryl methyl sites for hydroxylation is 1. The Morgan fingerprint density at radius 3 is 2.38 bits per heavy atom. The van der Waals surface area contributed by atoms with Crippen molar-refractivity contribution in [2.24, 2.45) is 0 Å². The van der Waals surface area contributed by atoms with E-state index in [2.05, 4.69) is 0 Å². The van der Waals surface area contributed by atoms with Gasteiger partial charge in [0.15, 0.2) is 5.78 Å². The number of hydrogen-bond acceptors (Lipinski definition) is 2. The molecule has 0 spiro atoms. The minimum absolute atomic E-state index is 0.0369. The lowest BCUT2D eigenvalue weighted by atomic mass is 9.96. The average molecular weight is 333 g/mol. The number of rotatable bonds is 1. The van der Waals surface area contributed by atoms with Crippen LogP contribution in [0.25, 0.3) is 0 Å². The Kier molecular flexibility index (Phi) is 3.91. The molecule has 0 saturated carbocycles. The molecule has 0 radical (unpaired) electrons. The molecular formula is C18H14F3NO2. The number of fused-ring (bicyclic) bond motifs is 1. The number of ketones is 1. The summed E-state index contributed by atoms with van der Waals surface area (Å²) in [5, 5.41) is 0. The van der Waals surface area contributed by atoms with Crippen molar-refractivity contribution >= 4 is 17.4 Å². The summed E-state index contributed by atoms with van der Waals surface area (Å²) in [7, 11) is 0. The minimum Gasteiger partial charge on any atom is -0.307 e. The van der Waals surface area contributed by atoms with E-state index in [4.69, 9.17) is 0 Å². The molecule has 2 aromatic rings. The Morgan fingerprint density at radius 2 is 1.75 bits per heavy atom. The second-order valence-corrected chi connectivity index (χ2v) is 5.68. The van der Waals surface area contributed by atoms with Gasteiger partial charge in [-0.25, -0.2) is 0 Å². The lowest BCUT2D eigenvalue weighted by Crippen LogP contribution is -2.38. The van der Waals surface area contributed by atoms with Crippen LogP contribution in [0, 0.1) is 6.92 Å². The molecule has 6 heteroatoms. The number of halogens is 3. The average Bonchev–Trinajstić information content (AvgIpc) is 2.55. The van der Waals surface area contributed by atoms with Crippen LogP contribution in [0.3, 0.4) is 0 Å². The van der Waals surface area contributed by atoms with Gasteiger partial charge in [-0.2, -0.15) is 13.2 Å². The molecule has 0 unspecified atom stereocenters. The number of carbonyl (C=O) groups is 2. The van der Waals surface area contributed by atoms with Crippen molar-refractivity contribution in [3.63, 3.8) is 0 Å². The van der Waals surface area contributed by atoms with Crippen LogP contribution in [0.2, 0.25) is 0 Å². The van der Waals surface area contributed by atoms with Crippen LogP contribution >= 0.6 is 0 Å². The van der Waals surface area contributed by atoms with Crippen molar-refractivity contribution in [3.05, 3.63) is 64.7 Å². The molecule has 3 rings (SSSR count). The summed E-state index contributed by atoms with van der Waals surface area (Å²) < 4.78 is 37.9. The summed E-state index contributed by atoms with van der Waals surface area (Å²) >= 11 is 0. The van der Waals surface area contributed by atoms with E-state index >= 15 is 0 Å². The van der Waals surface area contributed by atoms with Crippen LogP contribution in [0.5, 0.6) is 0 Å². The van der Waals surface area contributed by atoms with Gasteiger partial charge >= 0.3 is 6.18 Å². The normalized spacial score (nSPS) is 14.5. The van der Waals surface area contributed by atoms with Gasteiger partial charge in [0.1, 0.15) is 0 Å². The smallest absolute Gasteiger partial charge is 0.307 e. The maximum atomic E-state index is 12.7. The summed E-state index contributed by atoms with van der Waals surface area (Å²) in [5.41, 5.74) is 1.15. The Bertz CT molecular complexity index is 810. The molecule has 1 aliphatic heterocycles. The largest absolute Gasteiger partial charge is 0.416 e. The number of benzene rings is 2. The van der Waals surface area contributed by atoms with Gasteiger partial charge in [0.2, 0.25) is 0 Å². The van der Waals surface area contributed by atoms with E-state index < -0.39 is 17.6 Å². The number of anilines is 1. The molecular weight excluding hydrogens is 319 g/mol. The lowest BCUT2D eigenvalue weighted by Gasteiger charge is -2.30. The lowest BCUT2D eigenvalue weighted by molar-refractivity contribution is -0.137. The maximum absolute atomic E-state index is 12.7. The number of alkyl halides is 3. The fourth-order valence-corrected chi connectivity index (χ4v) is 2.86. The van der Waals surface area contributed by atoms with Crippen LogP contribution in [-0.2, 0) is 6.18 Å². The number of amides is 1. The van der Waals surface area contributed by atoms with Crippen molar-refractivity contribution < 1.29 is 22.8 Å². The third-order valence-electron chi connectivity index (χ3n) is 4.07. The zero-order valence-electron chi connectivity index (χ0n) is 12.9. The Balaban J connectivity index is 1.97. The number of para-hydroxylation sites is 1. The van der Waals surface area contributed by atoms with Gasteiger partial charge in [-0.15, -0.1) is 0 Å². The maximum Gasteiger partial charge on any atom is 0.416 e. The molecule has 0 bridgehead atoms. The number of Topliss-reactive ketones (excluding diaryl/α,β-unsaturated/α-hetero) is 1. The third-order valence-corrected chi connectivity index (χ3v) is 4.07. The molecule has 124 valence electrons. The number of carbonyl (C=O) groups excluding carboxylic acids is 2. The van der Waals surface area contributed by atoms with Crippen LogP contribution in [0.4, 0.5) is 18.9 Å². The number of nitrogens with zero attached hydrogens (tertiary/aromatic N) is 1. The predicted octanol–water partition coefficient (Wildman–Crippen LogP) is 4.25. The Hall–Kier alpha value is -2.63. The summed E-state index contributed by atoms with van der Waals surface area (Å²) in [5.74, 6) is -0.447. The topological polar surface area (TPSA) is 37.4 Å². The molecule has 0 aromatic heterocycles. The van der Waals surface area contributed by atoms with E-state index in [9.17, 15) is 22.8 Å². The van der Waals surface area contributed by atoms with E-state index in [1.807, 2.05) is 0 Å². The van der Waals surface area contributed by atoms with E-state index in [-0.39, 0.29) is 24.3 Å². The van der Waals surface area contributed by atoms with Crippen LogP contribution in [0.15, 0.2) is 42.5 Å². The van der Waals surface area contributed by atoms with Crippen LogP contribution in [0.1, 0.15) is 38.3 Å². The van der Waals surface area contributed by atoms with Crippen molar-refractivity contribution in [1.82, 2.24) is 0 Å². The second-order valence-electron chi connectivity index (χ2n) is 5.68. The minimum atomic E-state index is -4.44. The molecule has 2 aromatic carbocycles. The quantitative estimate of drug-likeness (QED) is 0.782. The van der Waals surface area contributed by atoms with Crippen molar-refractivity contribution in [1.29, 1.82) is 0 Å². The van der Waals surface area contributed by atoms with Gasteiger partial charge in [0.05, 0.1) is 11.3 Å². The van der Waals surface area contributed by atoms with E-state index in [1.165, 1.54) is 17.0 Å². The highest BCUT2D eigenvalue weighted by Crippen LogP contribution is 2.33. The molecule has 3 nitrogen and oxygen atoms in total. The monoisotopic (exact) mass is 333 g/mol. The Morgan fingerprint density at radius 1 is 1.08 bits per heavy atom. The summed E-state index contributed by atoms with van der Waals surface area (Å²) in [6.07, 6.45) is -4.24.